The van der Waals surface area contributed by atoms with Crippen LogP contribution in [0.5, 0.6) is 0 Å². The number of anilines is 1. The van der Waals surface area contributed by atoms with Crippen LogP contribution in [0, 0.1) is 13.8 Å². The third kappa shape index (κ3) is 3.43. The van der Waals surface area contributed by atoms with Crippen LogP contribution in [-0.2, 0) is 19.8 Å². The first-order valence-corrected chi connectivity index (χ1v) is 7.22. The molecule has 2 rings (SSSR count). The van der Waals surface area contributed by atoms with E-state index in [1.165, 1.54) is 6.07 Å². The fourth-order valence-electron chi connectivity index (χ4n) is 2.16. The van der Waals surface area contributed by atoms with Gasteiger partial charge in [-0.25, -0.2) is 0 Å². The van der Waals surface area contributed by atoms with Crippen molar-refractivity contribution in [1.82, 2.24) is 4.57 Å². The lowest BCUT2D eigenvalue weighted by Crippen LogP contribution is -2.08. The molecule has 2 aromatic rings. The molecule has 114 valence electrons. The minimum Gasteiger partial charge on any atom is -0.381 e. The van der Waals surface area contributed by atoms with Gasteiger partial charge in [0, 0.05) is 35.1 Å². The van der Waals surface area contributed by atoms with Crippen LogP contribution in [0.1, 0.15) is 22.5 Å². The summed E-state index contributed by atoms with van der Waals surface area (Å²) in [7, 11) is 1.97. The van der Waals surface area contributed by atoms with Gasteiger partial charge in [-0.05, 0) is 43.7 Å². The van der Waals surface area contributed by atoms with Gasteiger partial charge in [-0.15, -0.1) is 0 Å². The normalized spacial score (nSPS) is 11.8. The number of aryl methyl sites for hydroxylation is 1. The molecule has 1 aromatic carbocycles. The molecular formula is C15H16BrF3N2. The molecule has 0 saturated heterocycles. The van der Waals surface area contributed by atoms with Crippen molar-refractivity contribution in [3.8, 4) is 0 Å². The number of nitrogens with zero attached hydrogens (tertiary/aromatic N) is 1. The highest BCUT2D eigenvalue weighted by Crippen LogP contribution is 2.36. The molecule has 0 aliphatic carbocycles. The summed E-state index contributed by atoms with van der Waals surface area (Å²) in [5.41, 5.74) is 3.08. The molecule has 1 aromatic heterocycles. The predicted octanol–water partition coefficient (Wildman–Crippen LogP) is 5.04. The largest absolute Gasteiger partial charge is 0.417 e. The number of nitrogens with one attached hydrogen (secondary N) is 1. The topological polar surface area (TPSA) is 17.0 Å². The number of rotatable bonds is 3. The second-order valence-corrected chi connectivity index (χ2v) is 5.86. The van der Waals surface area contributed by atoms with Crippen molar-refractivity contribution in [2.24, 2.45) is 7.05 Å². The molecule has 0 unspecified atom stereocenters. The van der Waals surface area contributed by atoms with Crippen LogP contribution in [0.3, 0.4) is 0 Å². The lowest BCUT2D eigenvalue weighted by molar-refractivity contribution is -0.138. The molecule has 21 heavy (non-hydrogen) atoms. The molecular weight excluding hydrogens is 345 g/mol. The van der Waals surface area contributed by atoms with Crippen LogP contribution >= 0.6 is 15.9 Å². The molecule has 0 bridgehead atoms. The van der Waals surface area contributed by atoms with Gasteiger partial charge in [-0.3, -0.25) is 0 Å². The lowest BCUT2D eigenvalue weighted by atomic mass is 10.2. The number of benzene rings is 1. The van der Waals surface area contributed by atoms with E-state index in [1.807, 2.05) is 27.0 Å². The van der Waals surface area contributed by atoms with Gasteiger partial charge in [0.15, 0.2) is 0 Å². The monoisotopic (exact) mass is 360 g/mol. The van der Waals surface area contributed by atoms with E-state index >= 15 is 0 Å². The van der Waals surface area contributed by atoms with Gasteiger partial charge in [0.2, 0.25) is 0 Å². The van der Waals surface area contributed by atoms with Crippen LogP contribution in [-0.4, -0.2) is 4.57 Å². The Morgan fingerprint density at radius 3 is 2.38 bits per heavy atom. The van der Waals surface area contributed by atoms with Gasteiger partial charge >= 0.3 is 6.18 Å². The summed E-state index contributed by atoms with van der Waals surface area (Å²) in [4.78, 5) is 0. The Bertz CT molecular complexity index is 660. The Morgan fingerprint density at radius 1 is 1.19 bits per heavy atom. The average Bonchev–Trinajstić information content (AvgIpc) is 2.64. The highest BCUT2D eigenvalue weighted by atomic mass is 79.9. The van der Waals surface area contributed by atoms with Gasteiger partial charge in [0.05, 0.1) is 5.56 Å². The van der Waals surface area contributed by atoms with Crippen molar-refractivity contribution in [1.29, 1.82) is 0 Å². The van der Waals surface area contributed by atoms with Crippen molar-refractivity contribution < 1.29 is 13.2 Å². The van der Waals surface area contributed by atoms with E-state index in [1.54, 1.807) is 6.07 Å². The Kier molecular flexibility index (Phi) is 4.37. The van der Waals surface area contributed by atoms with Crippen LogP contribution in [0.2, 0.25) is 0 Å². The van der Waals surface area contributed by atoms with Crippen molar-refractivity contribution in [3.05, 3.63) is 51.3 Å². The summed E-state index contributed by atoms with van der Waals surface area (Å²) in [5, 5.41) is 3.05. The molecule has 2 nitrogen and oxygen atoms in total. The summed E-state index contributed by atoms with van der Waals surface area (Å²) in [5.74, 6) is 0. The van der Waals surface area contributed by atoms with E-state index in [0.29, 0.717) is 12.2 Å². The first-order valence-electron chi connectivity index (χ1n) is 6.42. The quantitative estimate of drug-likeness (QED) is 0.811. The summed E-state index contributed by atoms with van der Waals surface area (Å²) < 4.78 is 40.7. The second-order valence-electron chi connectivity index (χ2n) is 5.00. The molecule has 0 aliphatic heterocycles. The summed E-state index contributed by atoms with van der Waals surface area (Å²) in [6, 6.07) is 6.19. The molecule has 0 radical (unpaired) electrons. The maximum atomic E-state index is 12.9. The minimum atomic E-state index is -4.37. The second kappa shape index (κ2) is 5.75. The molecule has 6 heteroatoms. The highest BCUT2D eigenvalue weighted by Gasteiger charge is 2.33. The van der Waals surface area contributed by atoms with Crippen LogP contribution in [0.4, 0.5) is 18.9 Å². The van der Waals surface area contributed by atoms with Crippen molar-refractivity contribution in [2.45, 2.75) is 26.6 Å². The van der Waals surface area contributed by atoms with Gasteiger partial charge in [0.1, 0.15) is 0 Å². The lowest BCUT2D eigenvalue weighted by Gasteiger charge is -2.12. The SMILES string of the molecule is Cc1cc(CNc2ccc(Br)c(C(F)(F)F)c2)c(C)n1C. The van der Waals surface area contributed by atoms with E-state index in [4.69, 9.17) is 0 Å². The molecule has 1 heterocycles. The molecule has 0 spiro atoms. The standard InChI is InChI=1S/C15H16BrF3N2/c1-9-6-11(10(2)21(9)3)8-20-12-4-5-14(16)13(7-12)15(17,18)19/h4-7,20H,8H2,1-3H3. The molecule has 0 aliphatic rings. The van der Waals surface area contributed by atoms with Gasteiger partial charge < -0.3 is 9.88 Å². The zero-order valence-corrected chi connectivity index (χ0v) is 13.6. The Morgan fingerprint density at radius 2 is 1.86 bits per heavy atom. The summed E-state index contributed by atoms with van der Waals surface area (Å²) in [6.07, 6.45) is -4.37. The third-order valence-electron chi connectivity index (χ3n) is 3.63. The van der Waals surface area contributed by atoms with Crippen molar-refractivity contribution in [2.75, 3.05) is 5.32 Å². The maximum Gasteiger partial charge on any atom is 0.417 e. The predicted molar refractivity (Wildman–Crippen MR) is 81.4 cm³/mol. The third-order valence-corrected chi connectivity index (χ3v) is 4.33. The van der Waals surface area contributed by atoms with Crippen LogP contribution < -0.4 is 5.32 Å². The first kappa shape index (κ1) is 15.9. The van der Waals surface area contributed by atoms with Gasteiger partial charge in [0.25, 0.3) is 0 Å². The molecule has 0 atom stereocenters. The number of hydrogen-bond acceptors (Lipinski definition) is 1. The fourth-order valence-corrected chi connectivity index (χ4v) is 2.63. The molecule has 0 saturated carbocycles. The average molecular weight is 361 g/mol. The van der Waals surface area contributed by atoms with E-state index < -0.39 is 11.7 Å². The smallest absolute Gasteiger partial charge is 0.381 e. The van der Waals surface area contributed by atoms with Gasteiger partial charge in [-0.1, -0.05) is 15.9 Å². The number of aromatic nitrogens is 1. The highest BCUT2D eigenvalue weighted by molar-refractivity contribution is 9.10. The molecule has 0 amide bonds. The number of alkyl halides is 3. The van der Waals surface area contributed by atoms with E-state index in [9.17, 15) is 13.2 Å². The summed E-state index contributed by atoms with van der Waals surface area (Å²) in [6.45, 7) is 4.48. The van der Waals surface area contributed by atoms with Crippen LogP contribution in [0.15, 0.2) is 28.7 Å². The zero-order chi connectivity index (χ0) is 15.8. The Hall–Kier alpha value is -1.43. The van der Waals surface area contributed by atoms with E-state index in [-0.39, 0.29) is 4.47 Å². The molecule has 1 N–H and O–H groups in total. The number of halogens is 4. The van der Waals surface area contributed by atoms with Crippen molar-refractivity contribution in [3.63, 3.8) is 0 Å². The minimum absolute atomic E-state index is 0.0484. The maximum absolute atomic E-state index is 12.9. The zero-order valence-electron chi connectivity index (χ0n) is 12.0. The Labute approximate surface area is 130 Å². The fraction of sp³-hybridized carbons (Fsp3) is 0.333. The van der Waals surface area contributed by atoms with Crippen molar-refractivity contribution >= 4 is 21.6 Å². The first-order chi connectivity index (χ1) is 9.70. The van der Waals surface area contributed by atoms with Gasteiger partial charge in [-0.2, -0.15) is 13.2 Å². The number of hydrogen-bond donors (Lipinski definition) is 1. The summed E-state index contributed by atoms with van der Waals surface area (Å²) >= 11 is 2.94. The van der Waals surface area contributed by atoms with E-state index in [0.717, 1.165) is 23.0 Å². The Balaban J connectivity index is 2.19. The molecule has 0 fully saturated rings. The van der Waals surface area contributed by atoms with Crippen LogP contribution in [0.25, 0.3) is 0 Å². The van der Waals surface area contributed by atoms with E-state index in [2.05, 4.69) is 25.8 Å².